The zero-order chi connectivity index (χ0) is 20.2. The smallest absolute Gasteiger partial charge is 0.244 e. The van der Waals surface area contributed by atoms with E-state index in [4.69, 9.17) is 9.57 Å². The Balaban J connectivity index is 1.29. The molecular formula is C26H28N2O2. The molecule has 0 aliphatic heterocycles. The Hall–Kier alpha value is -3.01. The molecule has 1 aliphatic rings. The summed E-state index contributed by atoms with van der Waals surface area (Å²) in [5.74, 6) is 1.42. The number of aromatic nitrogens is 2. The predicted molar refractivity (Wildman–Crippen MR) is 121 cm³/mol. The van der Waals surface area contributed by atoms with E-state index in [0.717, 1.165) is 28.8 Å². The summed E-state index contributed by atoms with van der Waals surface area (Å²) in [5, 5.41) is 8.06. The fourth-order valence-corrected chi connectivity index (χ4v) is 4.48. The van der Waals surface area contributed by atoms with E-state index >= 15 is 0 Å². The number of fused-ring (bicyclic) bond motifs is 2. The first-order chi connectivity index (χ1) is 14.9. The number of hydrogen-bond donors (Lipinski definition) is 0. The summed E-state index contributed by atoms with van der Waals surface area (Å²) in [6, 6.07) is 22.9. The van der Waals surface area contributed by atoms with Crippen LogP contribution in [0.4, 0.5) is 0 Å². The van der Waals surface area contributed by atoms with Gasteiger partial charge in [-0.2, -0.15) is 0 Å². The number of nitrogens with zero attached hydrogens (tertiary/aromatic N) is 2. The molecule has 0 atom stereocenters. The van der Waals surface area contributed by atoms with Crippen LogP contribution in [0.3, 0.4) is 0 Å². The van der Waals surface area contributed by atoms with Crippen molar-refractivity contribution in [1.29, 1.82) is 0 Å². The summed E-state index contributed by atoms with van der Waals surface area (Å²) in [6.07, 6.45) is 7.89. The van der Waals surface area contributed by atoms with Gasteiger partial charge >= 0.3 is 0 Å². The molecular weight excluding hydrogens is 372 g/mol. The van der Waals surface area contributed by atoms with Gasteiger partial charge in [0.2, 0.25) is 5.88 Å². The fourth-order valence-electron chi connectivity index (χ4n) is 4.48. The molecule has 5 rings (SSSR count). The molecule has 1 heterocycles. The Morgan fingerprint density at radius 3 is 2.57 bits per heavy atom. The van der Waals surface area contributed by atoms with Crippen LogP contribution in [0, 0.1) is 5.92 Å². The van der Waals surface area contributed by atoms with Crippen LogP contribution in [0.5, 0.6) is 5.88 Å². The van der Waals surface area contributed by atoms with Crippen LogP contribution >= 0.6 is 0 Å². The molecule has 4 nitrogen and oxygen atoms in total. The van der Waals surface area contributed by atoms with Gasteiger partial charge < -0.3 is 9.57 Å². The minimum atomic E-state index is 0.480. The average Bonchev–Trinajstić information content (AvgIpc) is 3.16. The van der Waals surface area contributed by atoms with Gasteiger partial charge in [-0.15, -0.1) is 0 Å². The second kappa shape index (κ2) is 8.78. The first kappa shape index (κ1) is 19.0. The molecule has 4 heteroatoms. The molecule has 4 aromatic rings. The van der Waals surface area contributed by atoms with E-state index < -0.39 is 0 Å². The van der Waals surface area contributed by atoms with Gasteiger partial charge in [-0.25, -0.2) is 0 Å². The normalized spacial score (nSPS) is 14.9. The maximum absolute atomic E-state index is 6.12. The van der Waals surface area contributed by atoms with Crippen LogP contribution in [0.2, 0.25) is 0 Å². The third-order valence-corrected chi connectivity index (χ3v) is 6.18. The molecule has 3 aromatic carbocycles. The summed E-state index contributed by atoms with van der Waals surface area (Å²) in [6.45, 7) is 1.17. The lowest BCUT2D eigenvalue weighted by Gasteiger charge is -2.21. The molecule has 1 aliphatic carbocycles. The van der Waals surface area contributed by atoms with Crippen molar-refractivity contribution in [1.82, 2.24) is 9.94 Å². The van der Waals surface area contributed by atoms with E-state index in [1.54, 1.807) is 4.85 Å². The van der Waals surface area contributed by atoms with Crippen molar-refractivity contribution in [2.45, 2.75) is 45.1 Å². The second-order valence-corrected chi connectivity index (χ2v) is 8.29. The Kier molecular flexibility index (Phi) is 5.56. The van der Waals surface area contributed by atoms with Gasteiger partial charge in [0, 0.05) is 0 Å². The third kappa shape index (κ3) is 4.13. The quantitative estimate of drug-likeness (QED) is 0.372. The Morgan fingerprint density at radius 2 is 1.67 bits per heavy atom. The molecule has 0 amide bonds. The van der Waals surface area contributed by atoms with E-state index in [1.807, 2.05) is 24.3 Å². The van der Waals surface area contributed by atoms with Crippen molar-refractivity contribution in [2.24, 2.45) is 5.92 Å². The number of hydrogen-bond acceptors (Lipinski definition) is 3. The number of para-hydroxylation sites is 1. The highest BCUT2D eigenvalue weighted by Gasteiger charge is 2.15. The monoisotopic (exact) mass is 400 g/mol. The first-order valence-electron chi connectivity index (χ1n) is 11.1. The number of ether oxygens (including phenoxy) is 1. The summed E-state index contributed by atoms with van der Waals surface area (Å²) in [4.78, 5) is 7.68. The lowest BCUT2D eigenvalue weighted by atomic mass is 9.87. The molecule has 30 heavy (non-hydrogen) atoms. The minimum absolute atomic E-state index is 0.480. The van der Waals surface area contributed by atoms with Crippen LogP contribution < -0.4 is 9.57 Å². The highest BCUT2D eigenvalue weighted by atomic mass is 16.7. The van der Waals surface area contributed by atoms with Crippen LogP contribution in [-0.4, -0.2) is 16.6 Å². The Bertz CT molecular complexity index is 1130. The molecule has 0 N–H and O–H groups in total. The second-order valence-electron chi connectivity index (χ2n) is 8.29. The van der Waals surface area contributed by atoms with Crippen LogP contribution in [0.25, 0.3) is 21.7 Å². The zero-order valence-electron chi connectivity index (χ0n) is 17.3. The average molecular weight is 401 g/mol. The molecule has 1 aromatic heterocycles. The topological polar surface area (TPSA) is 36.3 Å². The van der Waals surface area contributed by atoms with Crippen LogP contribution in [-0.2, 0) is 6.61 Å². The lowest BCUT2D eigenvalue weighted by molar-refractivity contribution is 0.0738. The van der Waals surface area contributed by atoms with E-state index in [2.05, 4.69) is 47.6 Å². The number of rotatable bonds is 7. The van der Waals surface area contributed by atoms with E-state index in [1.165, 1.54) is 42.9 Å². The van der Waals surface area contributed by atoms with Crippen molar-refractivity contribution >= 4 is 21.7 Å². The van der Waals surface area contributed by atoms with Gasteiger partial charge in [0.1, 0.15) is 18.7 Å². The summed E-state index contributed by atoms with van der Waals surface area (Å²) >= 11 is 0. The summed E-state index contributed by atoms with van der Waals surface area (Å²) in [7, 11) is 0. The molecule has 0 unspecified atom stereocenters. The highest BCUT2D eigenvalue weighted by Crippen LogP contribution is 2.27. The SMILES string of the molecule is c1ccc2cc(COc3nn(OCCC4CCCCC4)c4ccccc34)ccc2c1. The van der Waals surface area contributed by atoms with Crippen molar-refractivity contribution in [3.8, 4) is 5.88 Å². The Labute approximate surface area is 177 Å². The molecule has 0 bridgehead atoms. The van der Waals surface area contributed by atoms with Gasteiger partial charge in [-0.3, -0.25) is 0 Å². The standard InChI is InChI=1S/C26H28N2O2/c1-2-8-20(9-3-1)16-17-30-28-25-13-7-6-12-24(25)26(27-28)29-19-21-14-15-22-10-4-5-11-23(22)18-21/h4-7,10-15,18,20H,1-3,8-9,16-17,19H2. The van der Waals surface area contributed by atoms with Gasteiger partial charge in [-0.05, 0) is 46.9 Å². The van der Waals surface area contributed by atoms with E-state index in [-0.39, 0.29) is 0 Å². The maximum Gasteiger partial charge on any atom is 0.244 e. The van der Waals surface area contributed by atoms with E-state index in [9.17, 15) is 0 Å². The third-order valence-electron chi connectivity index (χ3n) is 6.18. The largest absolute Gasteiger partial charge is 0.471 e. The fraction of sp³-hybridized carbons (Fsp3) is 0.346. The molecule has 1 saturated carbocycles. The minimum Gasteiger partial charge on any atom is -0.471 e. The van der Waals surface area contributed by atoms with Gasteiger partial charge in [0.15, 0.2) is 0 Å². The van der Waals surface area contributed by atoms with Gasteiger partial charge in [-0.1, -0.05) is 90.6 Å². The number of benzene rings is 3. The maximum atomic E-state index is 6.12. The lowest BCUT2D eigenvalue weighted by Crippen LogP contribution is -2.18. The molecule has 0 saturated heterocycles. The summed E-state index contributed by atoms with van der Waals surface area (Å²) in [5.41, 5.74) is 2.08. The molecule has 0 spiro atoms. The predicted octanol–water partition coefficient (Wildman–Crippen LogP) is 6.17. The zero-order valence-corrected chi connectivity index (χ0v) is 17.3. The van der Waals surface area contributed by atoms with Gasteiger partial charge in [0.05, 0.1) is 5.39 Å². The van der Waals surface area contributed by atoms with Crippen LogP contribution in [0.15, 0.2) is 66.7 Å². The molecule has 154 valence electrons. The molecule has 1 fully saturated rings. The van der Waals surface area contributed by atoms with Crippen molar-refractivity contribution < 1.29 is 9.57 Å². The first-order valence-corrected chi connectivity index (χ1v) is 11.1. The Morgan fingerprint density at radius 1 is 0.867 bits per heavy atom. The summed E-state index contributed by atoms with van der Waals surface area (Å²) < 4.78 is 6.12. The van der Waals surface area contributed by atoms with Crippen molar-refractivity contribution in [3.63, 3.8) is 0 Å². The van der Waals surface area contributed by atoms with E-state index in [0.29, 0.717) is 19.1 Å². The van der Waals surface area contributed by atoms with Gasteiger partial charge in [0.25, 0.3) is 0 Å². The van der Waals surface area contributed by atoms with Crippen molar-refractivity contribution in [3.05, 3.63) is 72.3 Å². The highest BCUT2D eigenvalue weighted by molar-refractivity contribution is 5.84. The van der Waals surface area contributed by atoms with Crippen LogP contribution in [0.1, 0.15) is 44.1 Å². The van der Waals surface area contributed by atoms with Crippen molar-refractivity contribution in [2.75, 3.05) is 6.61 Å². The molecule has 0 radical (unpaired) electrons.